The van der Waals surface area contributed by atoms with Crippen LogP contribution in [0.5, 0.6) is 5.75 Å². The predicted octanol–water partition coefficient (Wildman–Crippen LogP) is 2.66. The smallest absolute Gasteiger partial charge is 0.269 e. The van der Waals surface area contributed by atoms with E-state index in [0.29, 0.717) is 11.4 Å². The zero-order chi connectivity index (χ0) is 16.8. The Kier molecular flexibility index (Phi) is 5.24. The summed E-state index contributed by atoms with van der Waals surface area (Å²) in [5.74, 6) is 0.768. The van der Waals surface area contributed by atoms with Gasteiger partial charge in [0.05, 0.1) is 17.7 Å². The summed E-state index contributed by atoms with van der Waals surface area (Å²) in [5, 5.41) is 10.1. The SMILES string of the molecule is COc1cc(N2CCC2)ccc1N.Nc1ccc([N+](=O)[O-])cc1. The van der Waals surface area contributed by atoms with Crippen LogP contribution < -0.4 is 21.1 Å². The van der Waals surface area contributed by atoms with Crippen LogP contribution in [0.3, 0.4) is 0 Å². The first kappa shape index (κ1) is 16.4. The van der Waals surface area contributed by atoms with E-state index in [9.17, 15) is 10.1 Å². The Hall–Kier alpha value is -2.96. The van der Waals surface area contributed by atoms with Gasteiger partial charge in [-0.2, -0.15) is 0 Å². The summed E-state index contributed by atoms with van der Waals surface area (Å²) in [5.41, 5.74) is 13.5. The molecule has 0 radical (unpaired) electrons. The minimum atomic E-state index is -0.459. The Morgan fingerprint density at radius 3 is 2.26 bits per heavy atom. The zero-order valence-corrected chi connectivity index (χ0v) is 12.9. The molecule has 0 atom stereocenters. The fourth-order valence-electron chi connectivity index (χ4n) is 2.07. The van der Waals surface area contributed by atoms with Crippen LogP contribution in [0.4, 0.5) is 22.7 Å². The first-order valence-corrected chi connectivity index (χ1v) is 7.19. The molecule has 1 saturated heterocycles. The first-order chi connectivity index (χ1) is 11.0. The van der Waals surface area contributed by atoms with Gasteiger partial charge in [0.15, 0.2) is 0 Å². The highest BCUT2D eigenvalue weighted by Crippen LogP contribution is 2.29. The van der Waals surface area contributed by atoms with E-state index >= 15 is 0 Å². The molecule has 1 heterocycles. The van der Waals surface area contributed by atoms with Gasteiger partial charge < -0.3 is 21.1 Å². The van der Waals surface area contributed by atoms with Gasteiger partial charge in [0.1, 0.15) is 5.75 Å². The third-order valence-electron chi connectivity index (χ3n) is 3.54. The maximum atomic E-state index is 10.1. The number of anilines is 3. The van der Waals surface area contributed by atoms with Crippen molar-refractivity contribution in [2.75, 3.05) is 36.6 Å². The van der Waals surface area contributed by atoms with Crippen molar-refractivity contribution in [3.8, 4) is 5.75 Å². The average Bonchev–Trinajstić information content (AvgIpc) is 2.48. The standard InChI is InChI=1S/C10H14N2O.C6H6N2O2/c1-13-10-7-8(3-4-9(10)11)12-5-2-6-12;7-5-1-3-6(4-2-5)8(9)10/h3-4,7H,2,5-6,11H2,1H3;1-4H,7H2. The van der Waals surface area contributed by atoms with Crippen molar-refractivity contribution in [1.29, 1.82) is 0 Å². The lowest BCUT2D eigenvalue weighted by molar-refractivity contribution is -0.384. The zero-order valence-electron chi connectivity index (χ0n) is 12.9. The molecule has 3 rings (SSSR count). The summed E-state index contributed by atoms with van der Waals surface area (Å²) < 4.78 is 5.15. The Bertz CT molecular complexity index is 670. The van der Waals surface area contributed by atoms with Crippen LogP contribution in [0.2, 0.25) is 0 Å². The second kappa shape index (κ2) is 7.35. The molecule has 0 spiro atoms. The summed E-state index contributed by atoms with van der Waals surface area (Å²) in [7, 11) is 1.64. The quantitative estimate of drug-likeness (QED) is 0.512. The molecule has 2 aromatic rings. The van der Waals surface area contributed by atoms with E-state index in [1.165, 1.54) is 36.4 Å². The number of hydrogen-bond acceptors (Lipinski definition) is 6. The number of nitrogens with two attached hydrogens (primary N) is 2. The molecule has 0 saturated carbocycles. The van der Waals surface area contributed by atoms with Crippen LogP contribution in [0.1, 0.15) is 6.42 Å². The van der Waals surface area contributed by atoms with E-state index in [2.05, 4.69) is 4.90 Å². The van der Waals surface area contributed by atoms with Crippen LogP contribution in [-0.4, -0.2) is 25.1 Å². The lowest BCUT2D eigenvalue weighted by Crippen LogP contribution is -2.36. The Morgan fingerprint density at radius 1 is 1.13 bits per heavy atom. The van der Waals surface area contributed by atoms with E-state index in [1.807, 2.05) is 18.2 Å². The Morgan fingerprint density at radius 2 is 1.78 bits per heavy atom. The summed E-state index contributed by atoms with van der Waals surface area (Å²) in [6.45, 7) is 2.29. The molecule has 23 heavy (non-hydrogen) atoms. The van der Waals surface area contributed by atoms with E-state index in [4.69, 9.17) is 16.2 Å². The first-order valence-electron chi connectivity index (χ1n) is 7.19. The second-order valence-corrected chi connectivity index (χ2v) is 5.12. The lowest BCUT2D eigenvalue weighted by atomic mass is 10.1. The van der Waals surface area contributed by atoms with Gasteiger partial charge in [-0.25, -0.2) is 0 Å². The van der Waals surface area contributed by atoms with Gasteiger partial charge in [-0.05, 0) is 30.7 Å². The van der Waals surface area contributed by atoms with E-state index in [-0.39, 0.29) is 5.69 Å². The second-order valence-electron chi connectivity index (χ2n) is 5.12. The number of rotatable bonds is 3. The maximum Gasteiger partial charge on any atom is 0.269 e. The van der Waals surface area contributed by atoms with Crippen LogP contribution in [0.15, 0.2) is 42.5 Å². The number of nitro groups is 1. The average molecular weight is 316 g/mol. The number of ether oxygens (including phenoxy) is 1. The highest BCUT2D eigenvalue weighted by Gasteiger charge is 2.15. The van der Waals surface area contributed by atoms with Crippen molar-refractivity contribution in [3.63, 3.8) is 0 Å². The molecule has 0 unspecified atom stereocenters. The van der Waals surface area contributed by atoms with Gasteiger partial charge >= 0.3 is 0 Å². The molecule has 0 aliphatic carbocycles. The van der Waals surface area contributed by atoms with Crippen LogP contribution >= 0.6 is 0 Å². The number of benzene rings is 2. The highest BCUT2D eigenvalue weighted by atomic mass is 16.6. The summed E-state index contributed by atoms with van der Waals surface area (Å²) in [6, 6.07) is 11.7. The number of hydrogen-bond donors (Lipinski definition) is 2. The number of nitrogen functional groups attached to an aromatic ring is 2. The summed E-state index contributed by atoms with van der Waals surface area (Å²) in [6.07, 6.45) is 1.28. The Labute approximate surface area is 134 Å². The molecular formula is C16H20N4O3. The molecule has 122 valence electrons. The molecule has 4 N–H and O–H groups in total. The topological polar surface area (TPSA) is 108 Å². The minimum Gasteiger partial charge on any atom is -0.495 e. The van der Waals surface area contributed by atoms with Crippen molar-refractivity contribution in [2.45, 2.75) is 6.42 Å². The molecule has 7 nitrogen and oxygen atoms in total. The summed E-state index contributed by atoms with van der Waals surface area (Å²) in [4.78, 5) is 11.9. The van der Waals surface area contributed by atoms with Crippen LogP contribution in [0, 0.1) is 10.1 Å². The van der Waals surface area contributed by atoms with Gasteiger partial charge in [0.2, 0.25) is 0 Å². The van der Waals surface area contributed by atoms with Gasteiger partial charge in [-0.15, -0.1) is 0 Å². The number of non-ortho nitro benzene ring substituents is 1. The maximum absolute atomic E-state index is 10.1. The molecular weight excluding hydrogens is 296 g/mol. The predicted molar refractivity (Wildman–Crippen MR) is 91.7 cm³/mol. The molecule has 0 amide bonds. The molecule has 0 aromatic heterocycles. The minimum absolute atomic E-state index is 0.0641. The van der Waals surface area contributed by atoms with Crippen molar-refractivity contribution in [1.82, 2.24) is 0 Å². The van der Waals surface area contributed by atoms with E-state index in [1.54, 1.807) is 7.11 Å². The van der Waals surface area contributed by atoms with Crippen LogP contribution in [0.25, 0.3) is 0 Å². The lowest BCUT2D eigenvalue weighted by Gasteiger charge is -2.33. The van der Waals surface area contributed by atoms with E-state index < -0.39 is 4.92 Å². The van der Waals surface area contributed by atoms with Gasteiger partial charge in [0, 0.05) is 42.7 Å². The summed E-state index contributed by atoms with van der Waals surface area (Å²) >= 11 is 0. The number of methoxy groups -OCH3 is 1. The molecule has 1 aliphatic heterocycles. The molecule has 1 aliphatic rings. The van der Waals surface area contributed by atoms with Crippen molar-refractivity contribution in [2.24, 2.45) is 0 Å². The van der Waals surface area contributed by atoms with Gasteiger partial charge in [-0.3, -0.25) is 10.1 Å². The van der Waals surface area contributed by atoms with Crippen molar-refractivity contribution in [3.05, 3.63) is 52.6 Å². The normalized spacial score (nSPS) is 12.7. The fraction of sp³-hybridized carbons (Fsp3) is 0.250. The van der Waals surface area contributed by atoms with Crippen LogP contribution in [-0.2, 0) is 0 Å². The number of nitro benzene ring substituents is 1. The molecule has 1 fully saturated rings. The van der Waals surface area contributed by atoms with Crippen molar-refractivity contribution < 1.29 is 9.66 Å². The third kappa shape index (κ3) is 4.26. The molecule has 2 aromatic carbocycles. The van der Waals surface area contributed by atoms with Crippen molar-refractivity contribution >= 4 is 22.7 Å². The molecule has 0 bridgehead atoms. The van der Waals surface area contributed by atoms with Gasteiger partial charge in [-0.1, -0.05) is 0 Å². The highest BCUT2D eigenvalue weighted by molar-refractivity contribution is 5.62. The largest absolute Gasteiger partial charge is 0.495 e. The monoisotopic (exact) mass is 316 g/mol. The Balaban J connectivity index is 0.000000174. The van der Waals surface area contributed by atoms with E-state index in [0.717, 1.165) is 18.8 Å². The molecule has 7 heteroatoms. The fourth-order valence-corrected chi connectivity index (χ4v) is 2.07. The number of nitrogens with zero attached hydrogens (tertiary/aromatic N) is 2. The van der Waals surface area contributed by atoms with Gasteiger partial charge in [0.25, 0.3) is 5.69 Å². The third-order valence-corrected chi connectivity index (χ3v) is 3.54.